The number of rotatable bonds is 8. The summed E-state index contributed by atoms with van der Waals surface area (Å²) in [5, 5.41) is 3.72. The van der Waals surface area contributed by atoms with Crippen molar-refractivity contribution in [2.75, 3.05) is 29.9 Å². The zero-order valence-corrected chi connectivity index (χ0v) is 18.0. The SMILES string of the molecule is Cc1cc(OCCCC(=O)Nc2ccccc2N2CCC(C(N)=O)CC2)ccc1Cl. The summed E-state index contributed by atoms with van der Waals surface area (Å²) in [7, 11) is 0. The molecule has 2 aromatic carbocycles. The Balaban J connectivity index is 1.48. The Morgan fingerprint density at radius 1 is 1.20 bits per heavy atom. The van der Waals surface area contributed by atoms with Crippen LogP contribution < -0.4 is 20.7 Å². The first kappa shape index (κ1) is 22.0. The summed E-state index contributed by atoms with van der Waals surface area (Å²) in [4.78, 5) is 26.0. The fourth-order valence-corrected chi connectivity index (χ4v) is 3.72. The molecule has 0 bridgehead atoms. The molecular formula is C23H28ClN3O3. The van der Waals surface area contributed by atoms with Crippen LogP contribution in [0.5, 0.6) is 5.75 Å². The maximum atomic E-state index is 12.4. The van der Waals surface area contributed by atoms with Crippen LogP contribution in [0.25, 0.3) is 0 Å². The van der Waals surface area contributed by atoms with Crippen molar-refractivity contribution in [2.24, 2.45) is 11.7 Å². The lowest BCUT2D eigenvalue weighted by Crippen LogP contribution is -2.38. The van der Waals surface area contributed by atoms with Crippen LogP contribution in [0, 0.1) is 12.8 Å². The molecule has 0 atom stereocenters. The summed E-state index contributed by atoms with van der Waals surface area (Å²) < 4.78 is 5.71. The van der Waals surface area contributed by atoms with E-state index >= 15 is 0 Å². The van der Waals surface area contributed by atoms with E-state index in [1.165, 1.54) is 0 Å². The number of hydrogen-bond donors (Lipinski definition) is 2. The number of carbonyl (C=O) groups excluding carboxylic acids is 2. The van der Waals surface area contributed by atoms with Gasteiger partial charge in [0.15, 0.2) is 0 Å². The molecule has 0 saturated carbocycles. The van der Waals surface area contributed by atoms with Gasteiger partial charge in [-0.2, -0.15) is 0 Å². The van der Waals surface area contributed by atoms with Gasteiger partial charge in [0.25, 0.3) is 0 Å². The van der Waals surface area contributed by atoms with Gasteiger partial charge in [-0.15, -0.1) is 0 Å². The highest BCUT2D eigenvalue weighted by atomic mass is 35.5. The normalized spacial score (nSPS) is 14.4. The Kier molecular flexibility index (Phi) is 7.57. The van der Waals surface area contributed by atoms with Crippen molar-refractivity contribution in [3.05, 3.63) is 53.1 Å². The number of ether oxygens (including phenoxy) is 1. The van der Waals surface area contributed by atoms with Crippen LogP contribution >= 0.6 is 11.6 Å². The third-order valence-electron chi connectivity index (χ3n) is 5.36. The number of amides is 2. The summed E-state index contributed by atoms with van der Waals surface area (Å²) in [6.45, 7) is 3.87. The van der Waals surface area contributed by atoms with Gasteiger partial charge in [-0.3, -0.25) is 9.59 Å². The molecule has 0 radical (unpaired) electrons. The largest absolute Gasteiger partial charge is 0.494 e. The predicted molar refractivity (Wildman–Crippen MR) is 120 cm³/mol. The number of nitrogens with zero attached hydrogens (tertiary/aromatic N) is 1. The van der Waals surface area contributed by atoms with Crippen molar-refractivity contribution in [3.8, 4) is 5.75 Å². The minimum absolute atomic E-state index is 0.0506. The summed E-state index contributed by atoms with van der Waals surface area (Å²) in [5.74, 6) is 0.409. The molecule has 7 heteroatoms. The Labute approximate surface area is 182 Å². The third-order valence-corrected chi connectivity index (χ3v) is 5.79. The number of nitrogens with two attached hydrogens (primary N) is 1. The number of para-hydroxylation sites is 2. The van der Waals surface area contributed by atoms with E-state index in [1.54, 1.807) is 0 Å². The van der Waals surface area contributed by atoms with E-state index in [-0.39, 0.29) is 17.7 Å². The highest BCUT2D eigenvalue weighted by Gasteiger charge is 2.24. The number of carbonyl (C=O) groups is 2. The van der Waals surface area contributed by atoms with E-state index in [0.717, 1.165) is 48.6 Å². The Bertz CT molecular complexity index is 895. The minimum Gasteiger partial charge on any atom is -0.494 e. The van der Waals surface area contributed by atoms with Crippen molar-refractivity contribution in [2.45, 2.75) is 32.6 Å². The van der Waals surface area contributed by atoms with Gasteiger partial charge in [0.05, 0.1) is 18.0 Å². The van der Waals surface area contributed by atoms with E-state index in [1.807, 2.05) is 49.4 Å². The second-order valence-electron chi connectivity index (χ2n) is 7.59. The molecule has 0 unspecified atom stereocenters. The second kappa shape index (κ2) is 10.3. The molecule has 2 aromatic rings. The van der Waals surface area contributed by atoms with Gasteiger partial charge in [0.2, 0.25) is 11.8 Å². The Morgan fingerprint density at radius 3 is 2.63 bits per heavy atom. The fraction of sp³-hybridized carbons (Fsp3) is 0.391. The average Bonchev–Trinajstić information content (AvgIpc) is 2.74. The van der Waals surface area contributed by atoms with Crippen LogP contribution in [0.4, 0.5) is 11.4 Å². The third kappa shape index (κ3) is 5.89. The van der Waals surface area contributed by atoms with Gasteiger partial charge in [0, 0.05) is 30.5 Å². The van der Waals surface area contributed by atoms with Crippen LogP contribution in [-0.4, -0.2) is 31.5 Å². The molecule has 6 nitrogen and oxygen atoms in total. The summed E-state index contributed by atoms with van der Waals surface area (Å²) in [5.41, 5.74) is 8.15. The van der Waals surface area contributed by atoms with Crippen molar-refractivity contribution in [3.63, 3.8) is 0 Å². The number of benzene rings is 2. The van der Waals surface area contributed by atoms with Gasteiger partial charge >= 0.3 is 0 Å². The van der Waals surface area contributed by atoms with E-state index in [2.05, 4.69) is 10.2 Å². The van der Waals surface area contributed by atoms with Gasteiger partial charge in [-0.1, -0.05) is 23.7 Å². The molecule has 0 aliphatic carbocycles. The van der Waals surface area contributed by atoms with E-state index < -0.39 is 0 Å². The van der Waals surface area contributed by atoms with Crippen molar-refractivity contribution in [1.82, 2.24) is 0 Å². The maximum absolute atomic E-state index is 12.4. The molecule has 0 aromatic heterocycles. The molecule has 1 saturated heterocycles. The first-order chi connectivity index (χ1) is 14.4. The number of halogens is 1. The molecule has 30 heavy (non-hydrogen) atoms. The van der Waals surface area contributed by atoms with Crippen LogP contribution in [0.1, 0.15) is 31.2 Å². The Morgan fingerprint density at radius 2 is 1.93 bits per heavy atom. The highest BCUT2D eigenvalue weighted by molar-refractivity contribution is 6.31. The van der Waals surface area contributed by atoms with Gasteiger partial charge in [-0.05, 0) is 62.1 Å². The molecule has 160 valence electrons. The number of anilines is 2. The highest BCUT2D eigenvalue weighted by Crippen LogP contribution is 2.30. The van der Waals surface area contributed by atoms with Crippen molar-refractivity contribution >= 4 is 34.8 Å². The second-order valence-corrected chi connectivity index (χ2v) is 8.00. The van der Waals surface area contributed by atoms with Crippen LogP contribution in [0.15, 0.2) is 42.5 Å². The number of hydrogen-bond acceptors (Lipinski definition) is 4. The van der Waals surface area contributed by atoms with Gasteiger partial charge in [0.1, 0.15) is 5.75 Å². The predicted octanol–water partition coefficient (Wildman–Crippen LogP) is 4.15. The monoisotopic (exact) mass is 429 g/mol. The van der Waals surface area contributed by atoms with Gasteiger partial charge < -0.3 is 20.7 Å². The Hall–Kier alpha value is -2.73. The zero-order chi connectivity index (χ0) is 21.5. The summed E-state index contributed by atoms with van der Waals surface area (Å²) >= 11 is 6.02. The molecule has 3 rings (SSSR count). The number of aryl methyl sites for hydroxylation is 1. The minimum atomic E-state index is -0.229. The lowest BCUT2D eigenvalue weighted by Gasteiger charge is -2.33. The zero-order valence-electron chi connectivity index (χ0n) is 17.2. The summed E-state index contributed by atoms with van der Waals surface area (Å²) in [6, 6.07) is 13.3. The molecular weight excluding hydrogens is 402 g/mol. The first-order valence-electron chi connectivity index (χ1n) is 10.3. The number of nitrogens with one attached hydrogen (secondary N) is 1. The average molecular weight is 430 g/mol. The molecule has 1 fully saturated rings. The smallest absolute Gasteiger partial charge is 0.224 e. The maximum Gasteiger partial charge on any atom is 0.224 e. The molecule has 0 spiro atoms. The van der Waals surface area contributed by atoms with Crippen molar-refractivity contribution in [1.29, 1.82) is 0 Å². The standard InChI is InChI=1S/C23H28ClN3O3/c1-16-15-18(8-9-19(16)24)30-14-4-7-22(28)26-20-5-2-3-6-21(20)27-12-10-17(11-13-27)23(25)29/h2-3,5-6,8-9,15,17H,4,7,10-14H2,1H3,(H2,25,29)(H,26,28). The molecule has 1 aliphatic rings. The van der Waals surface area contributed by atoms with Crippen LogP contribution in [0.2, 0.25) is 5.02 Å². The molecule has 3 N–H and O–H groups in total. The summed E-state index contributed by atoms with van der Waals surface area (Å²) in [6.07, 6.45) is 2.45. The number of primary amides is 1. The van der Waals surface area contributed by atoms with Crippen LogP contribution in [0.3, 0.4) is 0 Å². The van der Waals surface area contributed by atoms with E-state index in [0.29, 0.717) is 24.5 Å². The van der Waals surface area contributed by atoms with E-state index in [9.17, 15) is 9.59 Å². The molecule has 1 aliphatic heterocycles. The van der Waals surface area contributed by atoms with E-state index in [4.69, 9.17) is 22.1 Å². The molecule has 1 heterocycles. The topological polar surface area (TPSA) is 84.7 Å². The lowest BCUT2D eigenvalue weighted by atomic mass is 9.96. The lowest BCUT2D eigenvalue weighted by molar-refractivity contribution is -0.122. The fourth-order valence-electron chi connectivity index (χ4n) is 3.60. The van der Waals surface area contributed by atoms with Gasteiger partial charge in [-0.25, -0.2) is 0 Å². The van der Waals surface area contributed by atoms with Crippen LogP contribution in [-0.2, 0) is 9.59 Å². The quantitative estimate of drug-likeness (QED) is 0.617. The van der Waals surface area contributed by atoms with Crippen molar-refractivity contribution < 1.29 is 14.3 Å². The first-order valence-corrected chi connectivity index (χ1v) is 10.6. The number of piperidine rings is 1. The molecule has 2 amide bonds.